The molecule has 0 saturated heterocycles. The Morgan fingerprint density at radius 3 is 2.56 bits per heavy atom. The van der Waals surface area contributed by atoms with Crippen LogP contribution >= 0.6 is 15.9 Å². The molecule has 0 aliphatic heterocycles. The number of hydrogen-bond acceptors (Lipinski definition) is 1. The normalized spacial score (nSPS) is 10.4. The van der Waals surface area contributed by atoms with Crippen molar-refractivity contribution in [1.29, 1.82) is 0 Å². The van der Waals surface area contributed by atoms with Gasteiger partial charge in [0.1, 0.15) is 0 Å². The molecule has 1 nitrogen and oxygen atoms in total. The van der Waals surface area contributed by atoms with Crippen LogP contribution in [0.2, 0.25) is 0 Å². The summed E-state index contributed by atoms with van der Waals surface area (Å²) in [5.74, 6) is 0.163. The quantitative estimate of drug-likeness (QED) is 0.763. The lowest BCUT2D eigenvalue weighted by molar-refractivity contribution is 0.0993. The standard InChI is InChI=1S/C16H15BrO/c1-11-4-3-5-13(8-11)10-16(18)14-6-7-15(17)12(2)9-14/h3-9H,10H2,1-2H3. The van der Waals surface area contributed by atoms with E-state index in [4.69, 9.17) is 0 Å². The highest BCUT2D eigenvalue weighted by molar-refractivity contribution is 9.10. The molecule has 2 aromatic carbocycles. The lowest BCUT2D eigenvalue weighted by Gasteiger charge is -2.05. The van der Waals surface area contributed by atoms with Gasteiger partial charge in [0, 0.05) is 16.5 Å². The molecule has 0 aliphatic rings. The van der Waals surface area contributed by atoms with Gasteiger partial charge >= 0.3 is 0 Å². The molecule has 0 atom stereocenters. The predicted molar refractivity (Wildman–Crippen MR) is 78.1 cm³/mol. The van der Waals surface area contributed by atoms with Crippen molar-refractivity contribution in [3.63, 3.8) is 0 Å². The smallest absolute Gasteiger partial charge is 0.167 e. The number of Topliss-reactive ketones (excluding diaryl/α,β-unsaturated/α-hetero) is 1. The van der Waals surface area contributed by atoms with Crippen molar-refractivity contribution < 1.29 is 4.79 Å². The fraction of sp³-hybridized carbons (Fsp3) is 0.188. The number of carbonyl (C=O) groups is 1. The summed E-state index contributed by atoms with van der Waals surface area (Å²) in [5.41, 5.74) is 4.12. The van der Waals surface area contributed by atoms with Gasteiger partial charge in [-0.1, -0.05) is 51.8 Å². The van der Waals surface area contributed by atoms with E-state index >= 15 is 0 Å². The number of aryl methyl sites for hydroxylation is 2. The maximum atomic E-state index is 12.2. The average molecular weight is 303 g/mol. The van der Waals surface area contributed by atoms with Crippen LogP contribution in [0.1, 0.15) is 27.0 Å². The van der Waals surface area contributed by atoms with Crippen LogP contribution in [0.4, 0.5) is 0 Å². The molecule has 0 saturated carbocycles. The van der Waals surface area contributed by atoms with E-state index in [1.54, 1.807) is 0 Å². The van der Waals surface area contributed by atoms with E-state index in [0.29, 0.717) is 6.42 Å². The van der Waals surface area contributed by atoms with Crippen LogP contribution < -0.4 is 0 Å². The fourth-order valence-electron chi connectivity index (χ4n) is 1.93. The largest absolute Gasteiger partial charge is 0.294 e. The van der Waals surface area contributed by atoms with Gasteiger partial charge in [-0.15, -0.1) is 0 Å². The summed E-state index contributed by atoms with van der Waals surface area (Å²) in [4.78, 5) is 12.2. The first-order valence-electron chi connectivity index (χ1n) is 5.91. The molecule has 18 heavy (non-hydrogen) atoms. The SMILES string of the molecule is Cc1cccc(CC(=O)c2ccc(Br)c(C)c2)c1. The molecular formula is C16H15BrO. The van der Waals surface area contributed by atoms with Gasteiger partial charge in [-0.05, 0) is 37.1 Å². The summed E-state index contributed by atoms with van der Waals surface area (Å²) in [7, 11) is 0. The zero-order valence-electron chi connectivity index (χ0n) is 10.5. The molecule has 0 radical (unpaired) electrons. The van der Waals surface area contributed by atoms with Gasteiger partial charge in [0.05, 0.1) is 0 Å². The van der Waals surface area contributed by atoms with Crippen LogP contribution in [-0.4, -0.2) is 5.78 Å². The van der Waals surface area contributed by atoms with Gasteiger partial charge in [-0.2, -0.15) is 0 Å². The highest BCUT2D eigenvalue weighted by atomic mass is 79.9. The van der Waals surface area contributed by atoms with E-state index in [1.165, 1.54) is 5.56 Å². The first kappa shape index (κ1) is 13.0. The Morgan fingerprint density at radius 2 is 1.89 bits per heavy atom. The number of rotatable bonds is 3. The third kappa shape index (κ3) is 3.08. The van der Waals surface area contributed by atoms with Crippen molar-refractivity contribution in [2.24, 2.45) is 0 Å². The molecule has 2 rings (SSSR count). The zero-order chi connectivity index (χ0) is 13.1. The summed E-state index contributed by atoms with van der Waals surface area (Å²) >= 11 is 3.44. The van der Waals surface area contributed by atoms with Crippen LogP contribution in [0.15, 0.2) is 46.9 Å². The minimum atomic E-state index is 0.163. The Hall–Kier alpha value is -1.41. The molecule has 0 unspecified atom stereocenters. The Labute approximate surface area is 116 Å². The van der Waals surface area contributed by atoms with Crippen molar-refractivity contribution in [2.75, 3.05) is 0 Å². The molecule has 2 heteroatoms. The summed E-state index contributed by atoms with van der Waals surface area (Å²) in [6.07, 6.45) is 0.461. The number of carbonyl (C=O) groups excluding carboxylic acids is 1. The molecule has 0 amide bonds. The maximum absolute atomic E-state index is 12.2. The van der Waals surface area contributed by atoms with Gasteiger partial charge < -0.3 is 0 Å². The van der Waals surface area contributed by atoms with E-state index in [1.807, 2.05) is 50.2 Å². The van der Waals surface area contributed by atoms with Gasteiger partial charge in [-0.3, -0.25) is 4.79 Å². The third-order valence-corrected chi connectivity index (χ3v) is 3.82. The molecule has 0 fully saturated rings. The molecule has 0 bridgehead atoms. The molecule has 0 aliphatic carbocycles. The first-order valence-corrected chi connectivity index (χ1v) is 6.70. The Balaban J connectivity index is 2.19. The van der Waals surface area contributed by atoms with Gasteiger partial charge in [0.15, 0.2) is 5.78 Å². The second-order valence-electron chi connectivity index (χ2n) is 4.55. The molecule has 0 aromatic heterocycles. The van der Waals surface area contributed by atoms with Gasteiger partial charge in [0.2, 0.25) is 0 Å². The Morgan fingerprint density at radius 1 is 1.11 bits per heavy atom. The van der Waals surface area contributed by atoms with Crippen molar-refractivity contribution in [1.82, 2.24) is 0 Å². The lowest BCUT2D eigenvalue weighted by Crippen LogP contribution is -2.04. The molecular weight excluding hydrogens is 288 g/mol. The predicted octanol–water partition coefficient (Wildman–Crippen LogP) is 4.49. The van der Waals surface area contributed by atoms with Crippen LogP contribution in [0.3, 0.4) is 0 Å². The van der Waals surface area contributed by atoms with Crippen LogP contribution in [0, 0.1) is 13.8 Å². The number of hydrogen-bond donors (Lipinski definition) is 0. The van der Waals surface area contributed by atoms with Crippen molar-refractivity contribution in [2.45, 2.75) is 20.3 Å². The highest BCUT2D eigenvalue weighted by Gasteiger charge is 2.08. The lowest BCUT2D eigenvalue weighted by atomic mass is 10.0. The molecule has 0 heterocycles. The minimum Gasteiger partial charge on any atom is -0.294 e. The van der Waals surface area contributed by atoms with E-state index in [-0.39, 0.29) is 5.78 Å². The Bertz CT molecular complexity index is 587. The summed E-state index contributed by atoms with van der Waals surface area (Å²) in [5, 5.41) is 0. The van der Waals surface area contributed by atoms with Crippen LogP contribution in [-0.2, 0) is 6.42 Å². The number of halogens is 1. The highest BCUT2D eigenvalue weighted by Crippen LogP contribution is 2.18. The van der Waals surface area contributed by atoms with Gasteiger partial charge in [0.25, 0.3) is 0 Å². The minimum absolute atomic E-state index is 0.163. The van der Waals surface area contributed by atoms with Crippen LogP contribution in [0.25, 0.3) is 0 Å². The topological polar surface area (TPSA) is 17.1 Å². The average Bonchev–Trinajstić information content (AvgIpc) is 2.32. The molecule has 0 N–H and O–H groups in total. The third-order valence-electron chi connectivity index (χ3n) is 2.93. The fourth-order valence-corrected chi connectivity index (χ4v) is 2.17. The monoisotopic (exact) mass is 302 g/mol. The molecule has 2 aromatic rings. The van der Waals surface area contributed by atoms with Crippen molar-refractivity contribution >= 4 is 21.7 Å². The Kier molecular flexibility index (Phi) is 3.97. The molecule has 92 valence electrons. The van der Waals surface area contributed by atoms with Crippen molar-refractivity contribution in [3.05, 3.63) is 69.2 Å². The maximum Gasteiger partial charge on any atom is 0.167 e. The van der Waals surface area contributed by atoms with E-state index in [2.05, 4.69) is 22.0 Å². The second kappa shape index (κ2) is 5.49. The van der Waals surface area contributed by atoms with Crippen LogP contribution in [0.5, 0.6) is 0 Å². The first-order chi connectivity index (χ1) is 8.56. The van der Waals surface area contributed by atoms with E-state index in [0.717, 1.165) is 21.2 Å². The summed E-state index contributed by atoms with van der Waals surface area (Å²) in [6, 6.07) is 13.8. The zero-order valence-corrected chi connectivity index (χ0v) is 12.1. The summed E-state index contributed by atoms with van der Waals surface area (Å²) in [6.45, 7) is 4.03. The van der Waals surface area contributed by atoms with E-state index in [9.17, 15) is 4.79 Å². The van der Waals surface area contributed by atoms with Crippen molar-refractivity contribution in [3.8, 4) is 0 Å². The molecule has 0 spiro atoms. The summed E-state index contributed by atoms with van der Waals surface area (Å²) < 4.78 is 1.04. The van der Waals surface area contributed by atoms with E-state index < -0.39 is 0 Å². The number of ketones is 1. The van der Waals surface area contributed by atoms with Gasteiger partial charge in [-0.25, -0.2) is 0 Å². The second-order valence-corrected chi connectivity index (χ2v) is 5.41. The number of benzene rings is 2.